The predicted octanol–water partition coefficient (Wildman–Crippen LogP) is 6.76. The minimum Gasteiger partial charge on any atom is -0.343 e. The first kappa shape index (κ1) is 24.8. The van der Waals surface area contributed by atoms with Gasteiger partial charge in [-0.2, -0.15) is 19.3 Å². The molecule has 0 spiro atoms. The maximum atomic E-state index is 3.60. The van der Waals surface area contributed by atoms with Gasteiger partial charge in [0.15, 0.2) is 0 Å². The van der Waals surface area contributed by atoms with E-state index < -0.39 is 0 Å². The van der Waals surface area contributed by atoms with Crippen LogP contribution in [0.3, 0.4) is 0 Å². The summed E-state index contributed by atoms with van der Waals surface area (Å²) in [6, 6.07) is 0. The summed E-state index contributed by atoms with van der Waals surface area (Å²) in [5, 5.41) is 0. The van der Waals surface area contributed by atoms with Crippen LogP contribution in [-0.2, 0) is 0 Å². The minimum absolute atomic E-state index is 0. The molecule has 0 amide bonds. The maximum absolute atomic E-state index is 3.60. The van der Waals surface area contributed by atoms with Gasteiger partial charge in [0.25, 0.3) is 0 Å². The van der Waals surface area contributed by atoms with Gasteiger partial charge in [0.05, 0.1) is 0 Å². The Bertz CT molecular complexity index is 98.3. The van der Waals surface area contributed by atoms with Gasteiger partial charge >= 0.3 is 23.1 Å². The van der Waals surface area contributed by atoms with Crippen molar-refractivity contribution in [2.45, 2.75) is 104 Å². The fourth-order valence-electron chi connectivity index (χ4n) is 1.77. The summed E-state index contributed by atoms with van der Waals surface area (Å²) in [6.07, 6.45) is 20.2. The van der Waals surface area contributed by atoms with Crippen molar-refractivity contribution in [1.82, 2.24) is 0 Å². The summed E-state index contributed by atoms with van der Waals surface area (Å²) in [5.74, 6) is 0. The van der Waals surface area contributed by atoms with Gasteiger partial charge in [-0.05, 0) is 0 Å². The summed E-state index contributed by atoms with van der Waals surface area (Å²) in [5.41, 5.74) is 0. The Morgan fingerprint density at radius 3 is 1.53 bits per heavy atom. The Kier molecular flexibility index (Phi) is 35.4. The molecular weight excluding hydrogens is 241 g/mol. The first-order chi connectivity index (χ1) is 8.83. The first-order valence-corrected chi connectivity index (χ1v) is 8.44. The average molecular weight is 279 g/mol. The maximum Gasteiger partial charge on any atom is 2.00 e. The van der Waals surface area contributed by atoms with Gasteiger partial charge in [-0.1, -0.05) is 85.0 Å². The molecule has 0 unspecified atom stereocenters. The van der Waals surface area contributed by atoms with E-state index in [2.05, 4.69) is 34.1 Å². The fraction of sp³-hybridized carbons (Fsp3) is 0.889. The molecule has 19 heavy (non-hydrogen) atoms. The molecule has 0 heterocycles. The van der Waals surface area contributed by atoms with Crippen LogP contribution in [0.15, 0.2) is 0 Å². The van der Waals surface area contributed by atoms with Crippen LogP contribution in [0.4, 0.5) is 0 Å². The van der Waals surface area contributed by atoms with Crippen molar-refractivity contribution in [2.24, 2.45) is 0 Å². The smallest absolute Gasteiger partial charge is 0.343 e. The predicted molar refractivity (Wildman–Crippen MR) is 92.5 cm³/mol. The Hall–Kier alpha value is 0.766. The van der Waals surface area contributed by atoms with E-state index in [-0.39, 0.29) is 23.1 Å². The second-order valence-corrected chi connectivity index (χ2v) is 5.19. The molecule has 0 radical (unpaired) electrons. The van der Waals surface area contributed by atoms with E-state index >= 15 is 0 Å². The van der Waals surface area contributed by atoms with Gasteiger partial charge < -0.3 is 13.3 Å². The molecule has 0 nitrogen and oxygen atoms in total. The molecule has 0 aliphatic rings. The molecule has 0 bridgehead atoms. The molecule has 0 saturated carbocycles. The molecule has 0 saturated heterocycles. The van der Waals surface area contributed by atoms with Crippen LogP contribution in [-0.4, -0.2) is 23.1 Å². The summed E-state index contributed by atoms with van der Waals surface area (Å²) < 4.78 is 0. The quantitative estimate of drug-likeness (QED) is 0.210. The molecule has 0 fully saturated rings. The van der Waals surface area contributed by atoms with Gasteiger partial charge in [0.2, 0.25) is 0 Å². The van der Waals surface area contributed by atoms with Crippen LogP contribution in [0.5, 0.6) is 0 Å². The molecule has 0 rings (SSSR count). The third-order valence-corrected chi connectivity index (χ3v) is 3.11. The van der Waals surface area contributed by atoms with E-state index in [4.69, 9.17) is 0 Å². The minimum atomic E-state index is 0. The summed E-state index contributed by atoms with van der Waals surface area (Å²) in [7, 11) is 0. The fourth-order valence-corrected chi connectivity index (χ4v) is 1.77. The molecule has 0 aromatic rings. The van der Waals surface area contributed by atoms with Crippen molar-refractivity contribution in [3.05, 3.63) is 13.3 Å². The Labute approximate surface area is 140 Å². The van der Waals surface area contributed by atoms with E-state index in [9.17, 15) is 0 Å². The standard InChI is InChI=1S/C14H29.C4H9.Mg/c1-3-5-7-9-11-13-14-12-10-8-6-4-2;1-3-4-2;/h7H,3-6,8-14H2,1-2H3;1,3-4H2,2H3;/q2*-1;+2. The van der Waals surface area contributed by atoms with E-state index in [0.29, 0.717) is 0 Å². The molecule has 0 aliphatic carbocycles. The van der Waals surface area contributed by atoms with Gasteiger partial charge in [0.1, 0.15) is 0 Å². The van der Waals surface area contributed by atoms with Crippen molar-refractivity contribution in [2.75, 3.05) is 0 Å². The van der Waals surface area contributed by atoms with Crippen LogP contribution < -0.4 is 0 Å². The molecule has 0 aromatic heterocycles. The van der Waals surface area contributed by atoms with Gasteiger partial charge in [-0.15, -0.1) is 0 Å². The van der Waals surface area contributed by atoms with Crippen molar-refractivity contribution in [1.29, 1.82) is 0 Å². The van der Waals surface area contributed by atoms with Gasteiger partial charge in [-0.3, -0.25) is 0 Å². The molecule has 1 heteroatoms. The number of hydrogen-bond donors (Lipinski definition) is 0. The van der Waals surface area contributed by atoms with Crippen molar-refractivity contribution in [3.63, 3.8) is 0 Å². The number of hydrogen-bond acceptors (Lipinski definition) is 0. The largest absolute Gasteiger partial charge is 2.00 e. The Morgan fingerprint density at radius 2 is 1.11 bits per heavy atom. The van der Waals surface area contributed by atoms with E-state index in [1.54, 1.807) is 0 Å². The van der Waals surface area contributed by atoms with E-state index in [1.165, 1.54) is 77.0 Å². The Morgan fingerprint density at radius 1 is 0.632 bits per heavy atom. The molecule has 0 aromatic carbocycles. The van der Waals surface area contributed by atoms with E-state index in [0.717, 1.165) is 6.42 Å². The summed E-state index contributed by atoms with van der Waals surface area (Å²) >= 11 is 0. The molecular formula is C18H38Mg. The van der Waals surface area contributed by atoms with Crippen molar-refractivity contribution < 1.29 is 0 Å². The molecule has 0 aliphatic heterocycles. The second kappa shape index (κ2) is 27.2. The second-order valence-electron chi connectivity index (χ2n) is 5.19. The van der Waals surface area contributed by atoms with Crippen LogP contribution in [0.1, 0.15) is 104 Å². The van der Waals surface area contributed by atoms with Gasteiger partial charge in [0, 0.05) is 0 Å². The van der Waals surface area contributed by atoms with Crippen LogP contribution in [0, 0.1) is 13.3 Å². The van der Waals surface area contributed by atoms with Crippen molar-refractivity contribution in [3.8, 4) is 0 Å². The number of unbranched alkanes of at least 4 members (excludes halogenated alkanes) is 12. The Balaban J connectivity index is -0.000000448. The normalized spacial score (nSPS) is 9.47. The SMILES string of the molecule is CCC[CH-]CCCCCCCCCC.[CH2-]CCC.[Mg+2]. The summed E-state index contributed by atoms with van der Waals surface area (Å²) in [4.78, 5) is 0. The molecule has 112 valence electrons. The third kappa shape index (κ3) is 32.4. The van der Waals surface area contributed by atoms with Crippen LogP contribution in [0.25, 0.3) is 0 Å². The monoisotopic (exact) mass is 278 g/mol. The third-order valence-electron chi connectivity index (χ3n) is 3.11. The number of rotatable bonds is 12. The summed E-state index contributed by atoms with van der Waals surface area (Å²) in [6.45, 7) is 10.3. The zero-order valence-electron chi connectivity index (χ0n) is 14.2. The molecule has 0 atom stereocenters. The molecule has 0 N–H and O–H groups in total. The van der Waals surface area contributed by atoms with Crippen LogP contribution >= 0.6 is 0 Å². The zero-order valence-corrected chi connectivity index (χ0v) is 15.6. The van der Waals surface area contributed by atoms with Crippen molar-refractivity contribution >= 4 is 23.1 Å². The average Bonchev–Trinajstić information content (AvgIpc) is 2.41. The topological polar surface area (TPSA) is 0 Å². The zero-order chi connectivity index (χ0) is 13.9. The van der Waals surface area contributed by atoms with Gasteiger partial charge in [-0.25, -0.2) is 0 Å². The van der Waals surface area contributed by atoms with Crippen LogP contribution in [0.2, 0.25) is 0 Å². The first-order valence-electron chi connectivity index (χ1n) is 8.44. The van der Waals surface area contributed by atoms with E-state index in [1.807, 2.05) is 0 Å².